The number of carbonyl (C=O) groups excluding carboxylic acids is 2. The molecule has 4 aliphatic rings. The summed E-state index contributed by atoms with van der Waals surface area (Å²) in [6, 6.07) is 3.73. The van der Waals surface area contributed by atoms with Crippen LogP contribution < -0.4 is 9.47 Å². The molecule has 0 N–H and O–H groups in total. The third-order valence-corrected chi connectivity index (χ3v) is 4.94. The fraction of sp³-hybridized carbons (Fsp3) is 0.375. The van der Waals surface area contributed by atoms with Crippen LogP contribution >= 0.6 is 0 Å². The van der Waals surface area contributed by atoms with Crippen LogP contribution in [0.4, 0.5) is 0 Å². The van der Waals surface area contributed by atoms with Crippen LogP contribution in [0.2, 0.25) is 0 Å². The lowest BCUT2D eigenvalue weighted by atomic mass is 9.75. The molecule has 0 unspecified atom stereocenters. The second-order valence-corrected chi connectivity index (χ2v) is 5.98. The number of allylic oxidation sites excluding steroid dienone is 1. The first-order valence-electron chi connectivity index (χ1n) is 7.20. The first-order valence-corrected chi connectivity index (χ1v) is 7.20. The Bertz CT molecular complexity index is 736. The van der Waals surface area contributed by atoms with Crippen molar-refractivity contribution in [3.8, 4) is 11.5 Å². The van der Waals surface area contributed by atoms with Gasteiger partial charge in [-0.3, -0.25) is 9.59 Å². The lowest BCUT2D eigenvalue weighted by molar-refractivity contribution is -0.115. The minimum atomic E-state index is 0.0438. The van der Waals surface area contributed by atoms with Gasteiger partial charge in [-0.2, -0.15) is 0 Å². The van der Waals surface area contributed by atoms with Crippen LogP contribution in [0.15, 0.2) is 23.8 Å². The van der Waals surface area contributed by atoms with Crippen molar-refractivity contribution < 1.29 is 19.1 Å². The Hall–Kier alpha value is -2.30. The van der Waals surface area contributed by atoms with Crippen molar-refractivity contribution in [2.45, 2.75) is 24.8 Å². The van der Waals surface area contributed by atoms with E-state index in [1.54, 1.807) is 12.1 Å². The molecular formula is C16H13NO4. The molecule has 1 fully saturated rings. The van der Waals surface area contributed by atoms with Crippen LogP contribution in [0, 0.1) is 0 Å². The van der Waals surface area contributed by atoms with Crippen LogP contribution in [0.3, 0.4) is 0 Å². The predicted octanol–water partition coefficient (Wildman–Crippen LogP) is 1.63. The zero-order chi connectivity index (χ0) is 14.1. The smallest absolute Gasteiger partial charge is 0.254 e. The van der Waals surface area contributed by atoms with Gasteiger partial charge < -0.3 is 14.4 Å². The minimum absolute atomic E-state index is 0.0438. The van der Waals surface area contributed by atoms with Crippen LogP contribution in [-0.4, -0.2) is 36.0 Å². The number of hydrogen-bond donors (Lipinski definition) is 0. The second kappa shape index (κ2) is 3.67. The third kappa shape index (κ3) is 1.36. The molecule has 0 bridgehead atoms. The number of hydrogen-bond acceptors (Lipinski definition) is 4. The molecule has 0 aromatic heterocycles. The molecule has 2 atom stereocenters. The Labute approximate surface area is 121 Å². The zero-order valence-electron chi connectivity index (χ0n) is 11.3. The molecule has 21 heavy (non-hydrogen) atoms. The topological polar surface area (TPSA) is 55.8 Å². The lowest BCUT2D eigenvalue weighted by Crippen LogP contribution is -2.46. The third-order valence-electron chi connectivity index (χ3n) is 4.94. The second-order valence-electron chi connectivity index (χ2n) is 5.98. The summed E-state index contributed by atoms with van der Waals surface area (Å²) >= 11 is 0. The molecule has 5 heteroatoms. The Kier molecular flexibility index (Phi) is 1.98. The van der Waals surface area contributed by atoms with E-state index in [9.17, 15) is 9.59 Å². The summed E-state index contributed by atoms with van der Waals surface area (Å²) in [6.07, 6.45) is 3.01. The van der Waals surface area contributed by atoms with E-state index in [4.69, 9.17) is 9.47 Å². The van der Waals surface area contributed by atoms with Gasteiger partial charge in [-0.25, -0.2) is 0 Å². The number of ether oxygens (including phenoxy) is 2. The Morgan fingerprint density at radius 1 is 1.14 bits per heavy atom. The maximum absolute atomic E-state index is 12.7. The molecule has 0 radical (unpaired) electrons. The number of carbonyl (C=O) groups is 2. The van der Waals surface area contributed by atoms with Crippen LogP contribution in [-0.2, 0) is 4.79 Å². The summed E-state index contributed by atoms with van der Waals surface area (Å²) in [5.41, 5.74) is 2.70. The van der Waals surface area contributed by atoms with Gasteiger partial charge in [0.25, 0.3) is 5.91 Å². The highest BCUT2D eigenvalue weighted by atomic mass is 16.7. The van der Waals surface area contributed by atoms with E-state index in [1.807, 2.05) is 11.0 Å². The van der Waals surface area contributed by atoms with Crippen LogP contribution in [0.1, 0.15) is 34.7 Å². The van der Waals surface area contributed by atoms with Gasteiger partial charge in [0.05, 0.1) is 6.04 Å². The molecule has 3 aliphatic heterocycles. The van der Waals surface area contributed by atoms with Crippen molar-refractivity contribution in [2.24, 2.45) is 0 Å². The van der Waals surface area contributed by atoms with E-state index in [-0.39, 0.29) is 30.4 Å². The fourth-order valence-electron chi connectivity index (χ4n) is 4.08. The molecule has 106 valence electrons. The number of amides is 1. The standard InChI is InChI=1S/C16H13NO4/c18-9-3-8-1-2-17-15(8)11(4-9)10-5-13-14(21-7-20-13)6-12(10)16(17)19/h3,5-6,11,15H,1-2,4,7H2/t11-,15+/m0/s1. The molecule has 1 aliphatic carbocycles. The average molecular weight is 283 g/mol. The largest absolute Gasteiger partial charge is 0.454 e. The highest BCUT2D eigenvalue weighted by Gasteiger charge is 2.47. The Balaban J connectivity index is 1.75. The maximum atomic E-state index is 12.7. The van der Waals surface area contributed by atoms with E-state index in [0.29, 0.717) is 30.0 Å². The Morgan fingerprint density at radius 3 is 2.81 bits per heavy atom. The van der Waals surface area contributed by atoms with Crippen LogP contribution in [0.25, 0.3) is 0 Å². The zero-order valence-corrected chi connectivity index (χ0v) is 11.3. The van der Waals surface area contributed by atoms with Gasteiger partial charge in [-0.05, 0) is 35.8 Å². The maximum Gasteiger partial charge on any atom is 0.254 e. The molecule has 1 aromatic rings. The fourth-order valence-corrected chi connectivity index (χ4v) is 4.08. The van der Waals surface area contributed by atoms with Gasteiger partial charge >= 0.3 is 0 Å². The molecule has 3 heterocycles. The quantitative estimate of drug-likeness (QED) is 0.726. The number of ketones is 1. The first kappa shape index (κ1) is 11.4. The molecule has 5 rings (SSSR count). The highest BCUT2D eigenvalue weighted by molar-refractivity contribution is 6.01. The van der Waals surface area contributed by atoms with E-state index in [0.717, 1.165) is 17.6 Å². The van der Waals surface area contributed by atoms with Crippen molar-refractivity contribution >= 4 is 11.7 Å². The number of benzene rings is 1. The molecule has 0 spiro atoms. The molecule has 0 saturated carbocycles. The monoisotopic (exact) mass is 283 g/mol. The van der Waals surface area contributed by atoms with Gasteiger partial charge in [0, 0.05) is 24.4 Å². The number of rotatable bonds is 0. The van der Waals surface area contributed by atoms with Gasteiger partial charge in [-0.15, -0.1) is 0 Å². The van der Waals surface area contributed by atoms with Crippen molar-refractivity contribution in [1.82, 2.24) is 4.90 Å². The van der Waals surface area contributed by atoms with Crippen LogP contribution in [0.5, 0.6) is 11.5 Å². The van der Waals surface area contributed by atoms with E-state index in [2.05, 4.69) is 0 Å². The first-order chi connectivity index (χ1) is 10.2. The Morgan fingerprint density at radius 2 is 1.95 bits per heavy atom. The van der Waals surface area contributed by atoms with Gasteiger partial charge in [0.1, 0.15) is 0 Å². The average Bonchev–Trinajstić information content (AvgIpc) is 3.09. The van der Waals surface area contributed by atoms with Crippen molar-refractivity contribution in [3.63, 3.8) is 0 Å². The normalized spacial score (nSPS) is 28.4. The van der Waals surface area contributed by atoms with Crippen molar-refractivity contribution in [2.75, 3.05) is 13.3 Å². The number of fused-ring (bicyclic) bond motifs is 3. The van der Waals surface area contributed by atoms with Crippen molar-refractivity contribution in [1.29, 1.82) is 0 Å². The lowest BCUT2D eigenvalue weighted by Gasteiger charge is -2.39. The highest BCUT2D eigenvalue weighted by Crippen LogP contribution is 2.48. The molecular weight excluding hydrogens is 270 g/mol. The van der Waals surface area contributed by atoms with Gasteiger partial charge in [0.2, 0.25) is 6.79 Å². The summed E-state index contributed by atoms with van der Waals surface area (Å²) in [5.74, 6) is 1.56. The molecule has 1 saturated heterocycles. The summed E-state index contributed by atoms with van der Waals surface area (Å²) in [6.45, 7) is 0.890. The van der Waals surface area contributed by atoms with E-state index < -0.39 is 0 Å². The summed E-state index contributed by atoms with van der Waals surface area (Å²) in [7, 11) is 0. The van der Waals surface area contributed by atoms with Gasteiger partial charge in [0.15, 0.2) is 17.3 Å². The summed E-state index contributed by atoms with van der Waals surface area (Å²) in [4.78, 5) is 26.6. The molecule has 1 amide bonds. The van der Waals surface area contributed by atoms with Gasteiger partial charge in [-0.1, -0.05) is 0 Å². The van der Waals surface area contributed by atoms with E-state index in [1.165, 1.54) is 0 Å². The predicted molar refractivity (Wildman–Crippen MR) is 72.5 cm³/mol. The molecule has 1 aromatic carbocycles. The molecule has 5 nitrogen and oxygen atoms in total. The summed E-state index contributed by atoms with van der Waals surface area (Å²) < 4.78 is 10.8. The SMILES string of the molecule is O=C1C=C2CCN3C(=O)c4cc5c(cc4[C@H](C1)[C@@H]23)OCO5. The number of nitrogens with zero attached hydrogens (tertiary/aromatic N) is 1. The minimum Gasteiger partial charge on any atom is -0.454 e. The summed E-state index contributed by atoms with van der Waals surface area (Å²) in [5, 5.41) is 0. The van der Waals surface area contributed by atoms with Crippen molar-refractivity contribution in [3.05, 3.63) is 34.9 Å². The van der Waals surface area contributed by atoms with E-state index >= 15 is 0 Å².